The van der Waals surface area contributed by atoms with Crippen molar-refractivity contribution in [3.63, 3.8) is 0 Å². The van der Waals surface area contributed by atoms with Crippen LogP contribution in [0.1, 0.15) is 40.5 Å². The molecule has 0 spiro atoms. The first kappa shape index (κ1) is 14.9. The van der Waals surface area contributed by atoms with Crippen molar-refractivity contribution in [2.75, 3.05) is 13.2 Å². The molecule has 5 heteroatoms. The van der Waals surface area contributed by atoms with Crippen LogP contribution in [0, 0.1) is 0 Å². The first-order valence-corrected chi connectivity index (χ1v) is 8.08. The molecule has 0 aliphatic carbocycles. The summed E-state index contributed by atoms with van der Waals surface area (Å²) in [4.78, 5) is 0. The van der Waals surface area contributed by atoms with Gasteiger partial charge in [0.15, 0.2) is 9.84 Å². The number of rotatable bonds is 6. The van der Waals surface area contributed by atoms with E-state index in [0.29, 0.717) is 19.4 Å². The normalized spacial score (nSPS) is 29.2. The average molecular weight is 263 g/mol. The lowest BCUT2D eigenvalue weighted by Gasteiger charge is -2.23. The van der Waals surface area contributed by atoms with Gasteiger partial charge in [0, 0.05) is 12.6 Å². The van der Waals surface area contributed by atoms with E-state index in [1.807, 2.05) is 27.7 Å². The zero-order valence-corrected chi connectivity index (χ0v) is 12.1. The van der Waals surface area contributed by atoms with Crippen LogP contribution in [0.5, 0.6) is 0 Å². The van der Waals surface area contributed by atoms with E-state index in [0.717, 1.165) is 6.54 Å². The van der Waals surface area contributed by atoms with Crippen LogP contribution in [-0.2, 0) is 14.6 Å². The summed E-state index contributed by atoms with van der Waals surface area (Å²) in [6.07, 6.45) is 1.15. The Hall–Kier alpha value is -0.130. The van der Waals surface area contributed by atoms with Gasteiger partial charge in [-0.1, -0.05) is 6.92 Å². The third-order valence-corrected chi connectivity index (χ3v) is 6.30. The Morgan fingerprint density at radius 1 is 1.41 bits per heavy atom. The Kier molecular flexibility index (Phi) is 5.41. The minimum atomic E-state index is -3.07. The summed E-state index contributed by atoms with van der Waals surface area (Å²) < 4.78 is 30.1. The molecule has 1 fully saturated rings. The molecular weight excluding hydrogens is 238 g/mol. The maximum absolute atomic E-state index is 12.4. The third kappa shape index (κ3) is 3.66. The number of hydrogen-bond acceptors (Lipinski definition) is 4. The Bertz CT molecular complexity index is 329. The molecule has 0 saturated carbocycles. The summed E-state index contributed by atoms with van der Waals surface area (Å²) in [6, 6.07) is 0.238. The molecule has 4 atom stereocenters. The number of hydrogen-bond donors (Lipinski definition) is 1. The van der Waals surface area contributed by atoms with Crippen LogP contribution in [-0.4, -0.2) is 44.2 Å². The maximum Gasteiger partial charge on any atom is 0.158 e. The lowest BCUT2D eigenvalue weighted by molar-refractivity contribution is 0.126. The van der Waals surface area contributed by atoms with Gasteiger partial charge in [0.25, 0.3) is 0 Å². The predicted octanol–water partition coefficient (Wildman–Crippen LogP) is 1.36. The second kappa shape index (κ2) is 6.16. The lowest BCUT2D eigenvalue weighted by atomic mass is 10.2. The van der Waals surface area contributed by atoms with Gasteiger partial charge in [-0.15, -0.1) is 0 Å². The molecule has 1 aliphatic heterocycles. The van der Waals surface area contributed by atoms with Crippen LogP contribution in [0.4, 0.5) is 0 Å². The molecule has 1 N–H and O–H groups in total. The van der Waals surface area contributed by atoms with Crippen molar-refractivity contribution >= 4 is 9.84 Å². The molecule has 0 bridgehead atoms. The quantitative estimate of drug-likeness (QED) is 0.786. The second-order valence-electron chi connectivity index (χ2n) is 5.00. The number of nitrogens with one attached hydrogen (secondary N) is 1. The largest absolute Gasteiger partial charge is 0.377 e. The highest BCUT2D eigenvalue weighted by atomic mass is 32.2. The van der Waals surface area contributed by atoms with Crippen molar-refractivity contribution in [2.24, 2.45) is 0 Å². The van der Waals surface area contributed by atoms with Crippen molar-refractivity contribution in [3.05, 3.63) is 0 Å². The molecule has 17 heavy (non-hydrogen) atoms. The van der Waals surface area contributed by atoms with E-state index in [2.05, 4.69) is 5.32 Å². The number of ether oxygens (including phenoxy) is 1. The molecule has 1 aliphatic rings. The molecule has 0 aromatic heterocycles. The van der Waals surface area contributed by atoms with Crippen molar-refractivity contribution in [1.82, 2.24) is 5.32 Å². The highest BCUT2D eigenvalue weighted by Gasteiger charge is 2.39. The standard InChI is InChI=1S/C12H25NO3S/c1-5-13-9(2)8-10(3)17(14,15)12-6-7-16-11(12)4/h9-13H,5-8H2,1-4H3. The fourth-order valence-electron chi connectivity index (χ4n) is 2.51. The fourth-order valence-corrected chi connectivity index (χ4v) is 4.70. The minimum absolute atomic E-state index is 0.156. The van der Waals surface area contributed by atoms with E-state index >= 15 is 0 Å². The highest BCUT2D eigenvalue weighted by Crippen LogP contribution is 2.25. The molecular formula is C12H25NO3S. The monoisotopic (exact) mass is 263 g/mol. The first-order valence-electron chi connectivity index (χ1n) is 6.47. The van der Waals surface area contributed by atoms with Gasteiger partial charge in [-0.3, -0.25) is 0 Å². The topological polar surface area (TPSA) is 55.4 Å². The minimum Gasteiger partial charge on any atom is -0.377 e. The zero-order valence-electron chi connectivity index (χ0n) is 11.3. The van der Waals surface area contributed by atoms with E-state index in [-0.39, 0.29) is 22.6 Å². The van der Waals surface area contributed by atoms with E-state index in [1.54, 1.807) is 0 Å². The third-order valence-electron chi connectivity index (χ3n) is 3.53. The summed E-state index contributed by atoms with van der Waals surface area (Å²) in [5.74, 6) is 0. The second-order valence-corrected chi connectivity index (χ2v) is 7.59. The Balaban J connectivity index is 2.63. The van der Waals surface area contributed by atoms with Gasteiger partial charge in [-0.25, -0.2) is 8.42 Å². The lowest BCUT2D eigenvalue weighted by Crippen LogP contribution is -2.38. The fraction of sp³-hybridized carbons (Fsp3) is 1.00. The molecule has 0 aromatic carbocycles. The van der Waals surface area contributed by atoms with Gasteiger partial charge >= 0.3 is 0 Å². The molecule has 0 aromatic rings. The van der Waals surface area contributed by atoms with Crippen LogP contribution in [0.15, 0.2) is 0 Å². The predicted molar refractivity (Wildman–Crippen MR) is 70.0 cm³/mol. The van der Waals surface area contributed by atoms with Crippen LogP contribution >= 0.6 is 0 Å². The van der Waals surface area contributed by atoms with Crippen molar-refractivity contribution in [3.8, 4) is 0 Å². The van der Waals surface area contributed by atoms with Gasteiger partial charge in [0.05, 0.1) is 16.6 Å². The van der Waals surface area contributed by atoms with Crippen LogP contribution < -0.4 is 5.32 Å². The first-order chi connectivity index (χ1) is 7.89. The Labute approximate surface area is 105 Å². The molecule has 0 radical (unpaired) electrons. The molecule has 0 amide bonds. The van der Waals surface area contributed by atoms with E-state index in [9.17, 15) is 8.42 Å². The summed E-state index contributed by atoms with van der Waals surface area (Å²) >= 11 is 0. The smallest absolute Gasteiger partial charge is 0.158 e. The summed E-state index contributed by atoms with van der Waals surface area (Å²) in [6.45, 7) is 9.17. The van der Waals surface area contributed by atoms with Crippen molar-refractivity contribution < 1.29 is 13.2 Å². The molecule has 1 saturated heterocycles. The maximum atomic E-state index is 12.4. The van der Waals surface area contributed by atoms with Gasteiger partial charge in [0.1, 0.15) is 0 Å². The van der Waals surface area contributed by atoms with Crippen LogP contribution in [0.3, 0.4) is 0 Å². The molecule has 1 heterocycles. The Morgan fingerprint density at radius 2 is 2.06 bits per heavy atom. The zero-order chi connectivity index (χ0) is 13.1. The summed E-state index contributed by atoms with van der Waals surface area (Å²) in [5, 5.41) is 2.64. The van der Waals surface area contributed by atoms with Crippen LogP contribution in [0.25, 0.3) is 0 Å². The van der Waals surface area contributed by atoms with E-state index in [1.165, 1.54) is 0 Å². The van der Waals surface area contributed by atoms with Gasteiger partial charge in [-0.05, 0) is 40.2 Å². The average Bonchev–Trinajstić information content (AvgIpc) is 2.65. The number of sulfone groups is 1. The molecule has 4 nitrogen and oxygen atoms in total. The van der Waals surface area contributed by atoms with Crippen LogP contribution in [0.2, 0.25) is 0 Å². The van der Waals surface area contributed by atoms with Gasteiger partial charge in [-0.2, -0.15) is 0 Å². The SMILES string of the molecule is CCNC(C)CC(C)S(=O)(=O)C1CCOC1C. The summed E-state index contributed by atoms with van der Waals surface area (Å²) in [7, 11) is -3.07. The van der Waals surface area contributed by atoms with Crippen molar-refractivity contribution in [1.29, 1.82) is 0 Å². The van der Waals surface area contributed by atoms with E-state index in [4.69, 9.17) is 4.74 Å². The van der Waals surface area contributed by atoms with E-state index < -0.39 is 9.84 Å². The molecule has 102 valence electrons. The molecule has 4 unspecified atom stereocenters. The Morgan fingerprint density at radius 3 is 2.53 bits per heavy atom. The summed E-state index contributed by atoms with van der Waals surface area (Å²) in [5.41, 5.74) is 0. The molecule has 1 rings (SSSR count). The van der Waals surface area contributed by atoms with Crippen molar-refractivity contribution in [2.45, 2.75) is 63.2 Å². The highest BCUT2D eigenvalue weighted by molar-refractivity contribution is 7.92. The van der Waals surface area contributed by atoms with Gasteiger partial charge < -0.3 is 10.1 Å². The van der Waals surface area contributed by atoms with Gasteiger partial charge in [0.2, 0.25) is 0 Å².